The van der Waals surface area contributed by atoms with Crippen LogP contribution in [0.25, 0.3) is 0 Å². The van der Waals surface area contributed by atoms with Crippen molar-refractivity contribution >= 4 is 0 Å². The SMILES string of the molecule is CCCC(C)Cn1ccc(C(N)C2CC2)c1. The van der Waals surface area contributed by atoms with Crippen molar-refractivity contribution in [3.05, 3.63) is 24.0 Å². The van der Waals surface area contributed by atoms with E-state index in [4.69, 9.17) is 5.73 Å². The number of aromatic nitrogens is 1. The first-order valence-electron chi connectivity index (χ1n) is 6.62. The van der Waals surface area contributed by atoms with Crippen molar-refractivity contribution in [3.8, 4) is 0 Å². The van der Waals surface area contributed by atoms with E-state index in [2.05, 4.69) is 36.9 Å². The van der Waals surface area contributed by atoms with E-state index in [1.807, 2.05) is 0 Å². The molecule has 0 spiro atoms. The molecule has 1 aromatic heterocycles. The van der Waals surface area contributed by atoms with Crippen LogP contribution in [-0.2, 0) is 6.54 Å². The van der Waals surface area contributed by atoms with Gasteiger partial charge in [0.15, 0.2) is 0 Å². The van der Waals surface area contributed by atoms with Gasteiger partial charge in [0.05, 0.1) is 0 Å². The Bertz CT molecular complexity index is 325. The molecular formula is C14H24N2. The van der Waals surface area contributed by atoms with Gasteiger partial charge in [0.1, 0.15) is 0 Å². The number of nitrogens with two attached hydrogens (primary N) is 1. The van der Waals surface area contributed by atoms with Gasteiger partial charge in [-0.2, -0.15) is 0 Å². The highest BCUT2D eigenvalue weighted by atomic mass is 14.9. The number of rotatable bonds is 6. The van der Waals surface area contributed by atoms with Crippen LogP contribution in [-0.4, -0.2) is 4.57 Å². The van der Waals surface area contributed by atoms with E-state index >= 15 is 0 Å². The third-order valence-electron chi connectivity index (χ3n) is 3.59. The average Bonchev–Trinajstić information content (AvgIpc) is 2.99. The molecule has 2 heteroatoms. The highest BCUT2D eigenvalue weighted by Crippen LogP contribution is 2.39. The second kappa shape index (κ2) is 5.05. The summed E-state index contributed by atoms with van der Waals surface area (Å²) < 4.78 is 2.30. The fraction of sp³-hybridized carbons (Fsp3) is 0.714. The van der Waals surface area contributed by atoms with Gasteiger partial charge in [-0.3, -0.25) is 0 Å². The molecule has 0 aromatic carbocycles. The van der Waals surface area contributed by atoms with Crippen LogP contribution < -0.4 is 5.73 Å². The zero-order valence-corrected chi connectivity index (χ0v) is 10.5. The van der Waals surface area contributed by atoms with Gasteiger partial charge in [-0.15, -0.1) is 0 Å². The Balaban J connectivity index is 1.91. The van der Waals surface area contributed by atoms with Crippen molar-refractivity contribution in [2.24, 2.45) is 17.6 Å². The molecule has 1 aliphatic carbocycles. The smallest absolute Gasteiger partial charge is 0.0338 e. The van der Waals surface area contributed by atoms with E-state index in [-0.39, 0.29) is 6.04 Å². The Morgan fingerprint density at radius 1 is 1.50 bits per heavy atom. The lowest BCUT2D eigenvalue weighted by Crippen LogP contribution is -2.11. The van der Waals surface area contributed by atoms with Gasteiger partial charge in [0, 0.05) is 25.0 Å². The number of nitrogens with zero attached hydrogens (tertiary/aromatic N) is 1. The van der Waals surface area contributed by atoms with Crippen LogP contribution in [0.15, 0.2) is 18.5 Å². The summed E-state index contributed by atoms with van der Waals surface area (Å²) in [5, 5.41) is 0. The van der Waals surface area contributed by atoms with Crippen LogP contribution in [0.1, 0.15) is 51.1 Å². The maximum Gasteiger partial charge on any atom is 0.0338 e. The van der Waals surface area contributed by atoms with Gasteiger partial charge in [-0.05, 0) is 42.7 Å². The van der Waals surface area contributed by atoms with E-state index in [1.165, 1.54) is 31.2 Å². The van der Waals surface area contributed by atoms with E-state index in [0.29, 0.717) is 0 Å². The molecular weight excluding hydrogens is 196 g/mol. The first kappa shape index (κ1) is 11.7. The third kappa shape index (κ3) is 2.88. The summed E-state index contributed by atoms with van der Waals surface area (Å²) in [6.07, 6.45) is 9.65. The molecule has 0 amide bonds. The van der Waals surface area contributed by atoms with Gasteiger partial charge < -0.3 is 10.3 Å². The summed E-state index contributed by atoms with van der Waals surface area (Å²) in [6, 6.07) is 2.48. The molecule has 1 fully saturated rings. The molecule has 2 nitrogen and oxygen atoms in total. The molecule has 2 rings (SSSR count). The maximum absolute atomic E-state index is 6.19. The summed E-state index contributed by atoms with van der Waals surface area (Å²) in [5.74, 6) is 1.52. The summed E-state index contributed by atoms with van der Waals surface area (Å²) >= 11 is 0. The van der Waals surface area contributed by atoms with Crippen LogP contribution in [0.4, 0.5) is 0 Å². The second-order valence-electron chi connectivity index (χ2n) is 5.40. The van der Waals surface area contributed by atoms with Crippen LogP contribution >= 0.6 is 0 Å². The first-order valence-corrected chi connectivity index (χ1v) is 6.62. The predicted octanol–water partition coefficient (Wildman–Crippen LogP) is 3.33. The van der Waals surface area contributed by atoms with E-state index in [0.717, 1.165) is 18.4 Å². The Labute approximate surface area is 98.8 Å². The fourth-order valence-corrected chi connectivity index (χ4v) is 2.44. The van der Waals surface area contributed by atoms with E-state index in [9.17, 15) is 0 Å². The molecule has 1 saturated carbocycles. The molecule has 2 unspecified atom stereocenters. The van der Waals surface area contributed by atoms with Crippen LogP contribution in [0.2, 0.25) is 0 Å². The second-order valence-corrected chi connectivity index (χ2v) is 5.40. The summed E-state index contributed by atoms with van der Waals surface area (Å²) in [7, 11) is 0. The quantitative estimate of drug-likeness (QED) is 0.783. The van der Waals surface area contributed by atoms with Gasteiger partial charge >= 0.3 is 0 Å². The highest BCUT2D eigenvalue weighted by Gasteiger charge is 2.29. The lowest BCUT2D eigenvalue weighted by molar-refractivity contribution is 0.446. The molecule has 1 aromatic rings. The standard InChI is InChI=1S/C14H24N2/c1-3-4-11(2)9-16-8-7-13(10-16)14(15)12-5-6-12/h7-8,10-12,14H,3-6,9,15H2,1-2H3. The Morgan fingerprint density at radius 2 is 2.25 bits per heavy atom. The summed E-state index contributed by atoms with van der Waals surface area (Å²) in [4.78, 5) is 0. The Hall–Kier alpha value is -0.760. The van der Waals surface area contributed by atoms with Crippen molar-refractivity contribution < 1.29 is 0 Å². The zero-order valence-electron chi connectivity index (χ0n) is 10.5. The van der Waals surface area contributed by atoms with Crippen LogP contribution in [0.3, 0.4) is 0 Å². The highest BCUT2D eigenvalue weighted by molar-refractivity contribution is 5.17. The van der Waals surface area contributed by atoms with Gasteiger partial charge in [-0.1, -0.05) is 20.3 Å². The molecule has 2 atom stereocenters. The van der Waals surface area contributed by atoms with E-state index in [1.54, 1.807) is 0 Å². The molecule has 0 aliphatic heterocycles. The molecule has 0 saturated heterocycles. The average molecular weight is 220 g/mol. The van der Waals surface area contributed by atoms with Gasteiger partial charge in [-0.25, -0.2) is 0 Å². The molecule has 1 heterocycles. The number of hydrogen-bond donors (Lipinski definition) is 1. The molecule has 0 bridgehead atoms. The topological polar surface area (TPSA) is 30.9 Å². The zero-order chi connectivity index (χ0) is 11.5. The first-order chi connectivity index (χ1) is 7.70. The Kier molecular flexibility index (Phi) is 3.70. The lowest BCUT2D eigenvalue weighted by atomic mass is 10.1. The fourth-order valence-electron chi connectivity index (χ4n) is 2.44. The van der Waals surface area contributed by atoms with Crippen molar-refractivity contribution in [1.82, 2.24) is 4.57 Å². The lowest BCUT2D eigenvalue weighted by Gasteiger charge is -2.11. The van der Waals surface area contributed by atoms with Crippen molar-refractivity contribution in [1.29, 1.82) is 0 Å². The van der Waals surface area contributed by atoms with Crippen molar-refractivity contribution in [3.63, 3.8) is 0 Å². The number of hydrogen-bond acceptors (Lipinski definition) is 1. The molecule has 16 heavy (non-hydrogen) atoms. The van der Waals surface area contributed by atoms with Crippen LogP contribution in [0, 0.1) is 11.8 Å². The minimum atomic E-state index is 0.280. The predicted molar refractivity (Wildman–Crippen MR) is 68.2 cm³/mol. The molecule has 90 valence electrons. The summed E-state index contributed by atoms with van der Waals surface area (Å²) in [5.41, 5.74) is 7.51. The van der Waals surface area contributed by atoms with Gasteiger partial charge in [0.2, 0.25) is 0 Å². The normalized spacial score (nSPS) is 19.7. The molecule has 0 radical (unpaired) electrons. The van der Waals surface area contributed by atoms with Crippen molar-refractivity contribution in [2.45, 2.75) is 52.1 Å². The third-order valence-corrected chi connectivity index (χ3v) is 3.59. The molecule has 2 N–H and O–H groups in total. The monoisotopic (exact) mass is 220 g/mol. The van der Waals surface area contributed by atoms with Crippen molar-refractivity contribution in [2.75, 3.05) is 0 Å². The maximum atomic E-state index is 6.19. The summed E-state index contributed by atoms with van der Waals surface area (Å²) in [6.45, 7) is 5.70. The molecule has 1 aliphatic rings. The van der Waals surface area contributed by atoms with Crippen LogP contribution in [0.5, 0.6) is 0 Å². The largest absolute Gasteiger partial charge is 0.354 e. The van der Waals surface area contributed by atoms with E-state index < -0.39 is 0 Å². The van der Waals surface area contributed by atoms with Gasteiger partial charge in [0.25, 0.3) is 0 Å². The Morgan fingerprint density at radius 3 is 2.88 bits per heavy atom. The minimum Gasteiger partial charge on any atom is -0.354 e. The minimum absolute atomic E-state index is 0.280.